The van der Waals surface area contributed by atoms with Crippen LogP contribution in [-0.2, 0) is 37.1 Å². The van der Waals surface area contributed by atoms with Crippen molar-refractivity contribution >= 4 is 26.7 Å². The number of likely N-dealkylation sites (tertiary alicyclic amines) is 1. The van der Waals surface area contributed by atoms with Crippen LogP contribution in [0.2, 0.25) is 0 Å². The van der Waals surface area contributed by atoms with Crippen LogP contribution in [0.25, 0.3) is 0 Å². The number of ether oxygens (including phenoxy) is 2. The highest BCUT2D eigenvalue weighted by molar-refractivity contribution is 6.63. The van der Waals surface area contributed by atoms with Gasteiger partial charge in [0.2, 0.25) is 5.91 Å². The van der Waals surface area contributed by atoms with E-state index in [4.69, 9.17) is 22.8 Å². The minimum Gasteiger partial charge on any atom is -0.462 e. The lowest BCUT2D eigenvalue weighted by molar-refractivity contribution is -0.156. The summed E-state index contributed by atoms with van der Waals surface area (Å²) in [4.78, 5) is 37.7. The maximum atomic E-state index is 12.7. The SMILES string of the molecule is C=C(C)C(=O)OC(C)COC(=O)CCC(=O)N1CCC1[Si](OCC)(OCC)OCC. The quantitative estimate of drug-likeness (QED) is 0.227. The van der Waals surface area contributed by atoms with Gasteiger partial charge in [0.05, 0.1) is 6.42 Å². The lowest BCUT2D eigenvalue weighted by atomic mass is 10.2. The number of hydrogen-bond acceptors (Lipinski definition) is 8. The van der Waals surface area contributed by atoms with Crippen molar-refractivity contribution in [2.45, 2.75) is 65.7 Å². The maximum absolute atomic E-state index is 12.7. The monoisotopic (exact) mass is 445 g/mol. The zero-order chi connectivity index (χ0) is 22.7. The van der Waals surface area contributed by atoms with E-state index in [2.05, 4.69) is 6.58 Å². The lowest BCUT2D eigenvalue weighted by Gasteiger charge is -2.47. The number of rotatable bonds is 14. The second-order valence-corrected chi connectivity index (χ2v) is 9.71. The number of amides is 1. The first-order chi connectivity index (χ1) is 14.2. The Balaban J connectivity index is 2.52. The number of carbonyl (C=O) groups excluding carboxylic acids is 3. The Hall–Kier alpha value is -1.75. The van der Waals surface area contributed by atoms with E-state index in [0.717, 1.165) is 6.42 Å². The van der Waals surface area contributed by atoms with Crippen molar-refractivity contribution < 1.29 is 37.1 Å². The van der Waals surface area contributed by atoms with Gasteiger partial charge >= 0.3 is 20.7 Å². The van der Waals surface area contributed by atoms with Crippen LogP contribution in [0.15, 0.2) is 12.2 Å². The van der Waals surface area contributed by atoms with Gasteiger partial charge in [-0.15, -0.1) is 0 Å². The molecule has 0 aliphatic carbocycles. The Kier molecular flexibility index (Phi) is 11.2. The molecule has 0 N–H and O–H groups in total. The molecular formula is C20H35NO8Si. The van der Waals surface area contributed by atoms with Gasteiger partial charge in [0.1, 0.15) is 18.4 Å². The Morgan fingerprint density at radius 1 is 1.07 bits per heavy atom. The van der Waals surface area contributed by atoms with Gasteiger partial charge in [-0.25, -0.2) is 4.79 Å². The first-order valence-electron chi connectivity index (χ1n) is 10.4. The topological polar surface area (TPSA) is 101 Å². The molecule has 1 aliphatic rings. The molecule has 1 fully saturated rings. The zero-order valence-electron chi connectivity index (χ0n) is 18.7. The third kappa shape index (κ3) is 7.49. The van der Waals surface area contributed by atoms with Gasteiger partial charge in [-0.05, 0) is 41.0 Å². The van der Waals surface area contributed by atoms with E-state index in [1.165, 1.54) is 6.92 Å². The summed E-state index contributed by atoms with van der Waals surface area (Å²) in [5.74, 6) is -1.23. The van der Waals surface area contributed by atoms with E-state index in [1.54, 1.807) is 11.8 Å². The highest BCUT2D eigenvalue weighted by atomic mass is 28.4. The van der Waals surface area contributed by atoms with Crippen molar-refractivity contribution in [1.82, 2.24) is 4.90 Å². The summed E-state index contributed by atoms with van der Waals surface area (Å²) in [5.41, 5.74) is 0.0381. The second-order valence-electron chi connectivity index (χ2n) is 6.97. The highest BCUT2D eigenvalue weighted by Crippen LogP contribution is 2.30. The molecule has 0 aromatic carbocycles. The fourth-order valence-corrected chi connectivity index (χ4v) is 6.19. The number of nitrogens with zero attached hydrogens (tertiary/aromatic N) is 1. The lowest BCUT2D eigenvalue weighted by Crippen LogP contribution is -2.69. The molecule has 2 unspecified atom stereocenters. The number of carbonyl (C=O) groups is 3. The molecule has 172 valence electrons. The predicted molar refractivity (Wildman–Crippen MR) is 111 cm³/mol. The van der Waals surface area contributed by atoms with Crippen molar-refractivity contribution in [3.8, 4) is 0 Å². The van der Waals surface area contributed by atoms with Gasteiger partial charge in [0.15, 0.2) is 0 Å². The van der Waals surface area contributed by atoms with Crippen LogP contribution in [0.3, 0.4) is 0 Å². The standard InChI is InChI=1S/C20H35NO8Si/c1-7-26-30(27-8-2,28-9-3)18-12-13-21(18)17(22)10-11-19(23)25-14-16(6)29-20(24)15(4)5/h16,18H,4,7-14H2,1-3,5-6H3. The molecule has 0 spiro atoms. The molecule has 1 rings (SSSR count). The summed E-state index contributed by atoms with van der Waals surface area (Å²) in [6, 6.07) is 0. The van der Waals surface area contributed by atoms with Gasteiger partial charge in [-0.1, -0.05) is 6.58 Å². The van der Waals surface area contributed by atoms with Gasteiger partial charge in [-0.3, -0.25) is 9.59 Å². The summed E-state index contributed by atoms with van der Waals surface area (Å²) in [5, 5.41) is 0. The predicted octanol–water partition coefficient (Wildman–Crippen LogP) is 2.01. The van der Waals surface area contributed by atoms with Crippen LogP contribution in [0.4, 0.5) is 0 Å². The molecule has 0 bridgehead atoms. The van der Waals surface area contributed by atoms with E-state index in [-0.39, 0.29) is 36.6 Å². The third-order valence-electron chi connectivity index (χ3n) is 4.46. The van der Waals surface area contributed by atoms with Crippen molar-refractivity contribution in [3.05, 3.63) is 12.2 Å². The van der Waals surface area contributed by atoms with Crippen molar-refractivity contribution in [2.24, 2.45) is 0 Å². The molecule has 1 saturated heterocycles. The average molecular weight is 446 g/mol. The van der Waals surface area contributed by atoms with Crippen molar-refractivity contribution in [3.63, 3.8) is 0 Å². The van der Waals surface area contributed by atoms with Crippen LogP contribution in [0, 0.1) is 0 Å². The molecule has 0 aromatic rings. The van der Waals surface area contributed by atoms with Gasteiger partial charge in [-0.2, -0.15) is 0 Å². The largest absolute Gasteiger partial charge is 0.524 e. The van der Waals surface area contributed by atoms with E-state index in [9.17, 15) is 14.4 Å². The number of hydrogen-bond donors (Lipinski definition) is 0. The molecule has 0 saturated carbocycles. The summed E-state index contributed by atoms with van der Waals surface area (Å²) < 4.78 is 27.8. The summed E-state index contributed by atoms with van der Waals surface area (Å²) in [6.07, 6.45) is 0.108. The van der Waals surface area contributed by atoms with E-state index < -0.39 is 26.8 Å². The van der Waals surface area contributed by atoms with Crippen LogP contribution < -0.4 is 0 Å². The summed E-state index contributed by atoms with van der Waals surface area (Å²) in [6.45, 7) is 14.1. The third-order valence-corrected chi connectivity index (χ3v) is 7.95. The molecular weight excluding hydrogens is 410 g/mol. The zero-order valence-corrected chi connectivity index (χ0v) is 19.7. The van der Waals surface area contributed by atoms with Crippen LogP contribution >= 0.6 is 0 Å². The van der Waals surface area contributed by atoms with Crippen molar-refractivity contribution in [2.75, 3.05) is 33.0 Å². The van der Waals surface area contributed by atoms with Crippen molar-refractivity contribution in [1.29, 1.82) is 0 Å². The summed E-state index contributed by atoms with van der Waals surface area (Å²) >= 11 is 0. The Morgan fingerprint density at radius 2 is 1.63 bits per heavy atom. The van der Waals surface area contributed by atoms with E-state index in [1.807, 2.05) is 20.8 Å². The highest BCUT2D eigenvalue weighted by Gasteiger charge is 2.57. The average Bonchev–Trinajstić information content (AvgIpc) is 2.64. The fourth-order valence-electron chi connectivity index (χ4n) is 3.02. The molecule has 9 nitrogen and oxygen atoms in total. The Bertz CT molecular complexity index is 595. The molecule has 1 amide bonds. The molecule has 0 aromatic heterocycles. The fraction of sp³-hybridized carbons (Fsp3) is 0.750. The Labute approximate surface area is 180 Å². The van der Waals surface area contributed by atoms with Crippen LogP contribution in [0.5, 0.6) is 0 Å². The van der Waals surface area contributed by atoms with Crippen LogP contribution in [-0.4, -0.2) is 76.3 Å². The second kappa shape index (κ2) is 12.8. The molecule has 0 radical (unpaired) electrons. The normalized spacial score (nSPS) is 17.1. The minimum absolute atomic E-state index is 0.0180. The van der Waals surface area contributed by atoms with Gasteiger partial charge in [0.25, 0.3) is 0 Å². The number of esters is 2. The summed E-state index contributed by atoms with van der Waals surface area (Å²) in [7, 11) is -3.02. The van der Waals surface area contributed by atoms with Gasteiger partial charge in [0, 0.05) is 38.4 Å². The molecule has 30 heavy (non-hydrogen) atoms. The van der Waals surface area contributed by atoms with E-state index in [0.29, 0.717) is 26.4 Å². The maximum Gasteiger partial charge on any atom is 0.524 e. The Morgan fingerprint density at radius 3 is 2.07 bits per heavy atom. The molecule has 1 heterocycles. The van der Waals surface area contributed by atoms with Crippen LogP contribution in [0.1, 0.15) is 53.9 Å². The first-order valence-corrected chi connectivity index (χ1v) is 12.2. The first kappa shape index (κ1) is 26.3. The minimum atomic E-state index is -3.02. The van der Waals surface area contributed by atoms with Gasteiger partial charge < -0.3 is 27.7 Å². The molecule has 2 atom stereocenters. The molecule has 1 aliphatic heterocycles. The smallest absolute Gasteiger partial charge is 0.462 e. The van der Waals surface area contributed by atoms with E-state index >= 15 is 0 Å². The molecule has 10 heteroatoms.